The van der Waals surface area contributed by atoms with Crippen LogP contribution < -0.4 is 9.47 Å². The van der Waals surface area contributed by atoms with E-state index in [0.29, 0.717) is 21.2 Å². The fourth-order valence-corrected chi connectivity index (χ4v) is 4.74. The molecule has 3 aromatic carbocycles. The van der Waals surface area contributed by atoms with E-state index >= 15 is 0 Å². The zero-order valence-corrected chi connectivity index (χ0v) is 21.6. The molecule has 14 heteroatoms. The third-order valence-electron chi connectivity index (χ3n) is 5.27. The van der Waals surface area contributed by atoms with Gasteiger partial charge in [0.25, 0.3) is 16.8 Å². The van der Waals surface area contributed by atoms with Crippen LogP contribution in [0.25, 0.3) is 6.08 Å². The fraction of sp³-hybridized carbons (Fsp3) is 0.0833. The van der Waals surface area contributed by atoms with Gasteiger partial charge >= 0.3 is 5.69 Å². The molecule has 0 N–H and O–H groups in total. The molecular formula is C24H15Cl2N3O8S. The Balaban J connectivity index is 1.57. The molecule has 11 nitrogen and oxygen atoms in total. The van der Waals surface area contributed by atoms with Gasteiger partial charge in [-0.25, -0.2) is 0 Å². The van der Waals surface area contributed by atoms with Crippen LogP contribution in [0.1, 0.15) is 11.1 Å². The Labute approximate surface area is 228 Å². The van der Waals surface area contributed by atoms with Crippen LogP contribution in [0.2, 0.25) is 10.0 Å². The van der Waals surface area contributed by atoms with Gasteiger partial charge in [0, 0.05) is 16.1 Å². The van der Waals surface area contributed by atoms with Gasteiger partial charge in [0.1, 0.15) is 0 Å². The second-order valence-electron chi connectivity index (χ2n) is 7.68. The lowest BCUT2D eigenvalue weighted by Crippen LogP contribution is -2.27. The summed E-state index contributed by atoms with van der Waals surface area (Å²) in [5.41, 5.74) is -0.0102. The highest BCUT2D eigenvalue weighted by molar-refractivity contribution is 8.18. The van der Waals surface area contributed by atoms with E-state index in [-0.39, 0.29) is 28.7 Å². The number of methoxy groups -OCH3 is 1. The molecule has 1 fully saturated rings. The van der Waals surface area contributed by atoms with Crippen LogP contribution in [0, 0.1) is 20.2 Å². The maximum Gasteiger partial charge on any atom is 0.318 e. The first-order chi connectivity index (χ1) is 18.1. The van der Waals surface area contributed by atoms with Crippen molar-refractivity contribution < 1.29 is 28.9 Å². The van der Waals surface area contributed by atoms with E-state index in [9.17, 15) is 29.8 Å². The first kappa shape index (κ1) is 26.9. The minimum Gasteiger partial charge on any atom is -0.493 e. The van der Waals surface area contributed by atoms with Crippen LogP contribution in [-0.4, -0.2) is 33.0 Å². The van der Waals surface area contributed by atoms with Gasteiger partial charge in [0.15, 0.2) is 11.5 Å². The zero-order chi connectivity index (χ0) is 27.6. The highest BCUT2D eigenvalue weighted by atomic mass is 35.5. The number of hydrogen-bond donors (Lipinski definition) is 0. The summed E-state index contributed by atoms with van der Waals surface area (Å²) in [5.74, 6) is -0.480. The molecule has 1 heterocycles. The van der Waals surface area contributed by atoms with E-state index in [1.165, 1.54) is 31.4 Å². The van der Waals surface area contributed by atoms with Gasteiger partial charge in [0.2, 0.25) is 5.75 Å². The molecular weight excluding hydrogens is 561 g/mol. The molecule has 0 aliphatic carbocycles. The molecule has 194 valence electrons. The molecule has 38 heavy (non-hydrogen) atoms. The fourth-order valence-electron chi connectivity index (χ4n) is 3.43. The second kappa shape index (κ2) is 11.1. The van der Waals surface area contributed by atoms with Crippen LogP contribution in [-0.2, 0) is 11.3 Å². The van der Waals surface area contributed by atoms with Crippen LogP contribution in [0.5, 0.6) is 17.2 Å². The van der Waals surface area contributed by atoms with Crippen LogP contribution >= 0.6 is 35.0 Å². The number of benzene rings is 3. The quantitative estimate of drug-likeness (QED) is 0.160. The number of imide groups is 1. The number of carbonyl (C=O) groups excluding carboxylic acids is 2. The molecule has 4 rings (SSSR count). The van der Waals surface area contributed by atoms with Crippen molar-refractivity contribution >= 4 is 63.6 Å². The third kappa shape index (κ3) is 5.72. The van der Waals surface area contributed by atoms with E-state index in [1.54, 1.807) is 18.2 Å². The monoisotopic (exact) mass is 575 g/mol. The highest BCUT2D eigenvalue weighted by Gasteiger charge is 2.35. The summed E-state index contributed by atoms with van der Waals surface area (Å²) in [6.45, 7) is -0.0257. The first-order valence-electron chi connectivity index (χ1n) is 10.6. The average molecular weight is 576 g/mol. The molecule has 1 aliphatic heterocycles. The van der Waals surface area contributed by atoms with Crippen molar-refractivity contribution in [3.05, 3.63) is 101 Å². The molecule has 0 bridgehead atoms. The van der Waals surface area contributed by atoms with E-state index in [4.69, 9.17) is 32.7 Å². The lowest BCUT2D eigenvalue weighted by Gasteiger charge is -2.13. The maximum atomic E-state index is 12.9. The Morgan fingerprint density at radius 3 is 2.34 bits per heavy atom. The van der Waals surface area contributed by atoms with Gasteiger partial charge in [-0.3, -0.25) is 34.7 Å². The molecule has 0 unspecified atom stereocenters. The molecule has 2 amide bonds. The number of thioether (sulfide) groups is 1. The van der Waals surface area contributed by atoms with Crippen molar-refractivity contribution in [2.75, 3.05) is 7.11 Å². The van der Waals surface area contributed by atoms with Gasteiger partial charge in [-0.05, 0) is 59.3 Å². The largest absolute Gasteiger partial charge is 0.493 e. The van der Waals surface area contributed by atoms with Gasteiger partial charge in [0.05, 0.1) is 34.5 Å². The molecule has 0 aromatic heterocycles. The third-order valence-corrected chi connectivity index (χ3v) is 6.77. The number of non-ortho nitro benzene ring substituents is 1. The number of carbonyl (C=O) groups is 2. The number of amides is 2. The number of halogens is 2. The maximum absolute atomic E-state index is 12.9. The molecule has 3 aromatic rings. The van der Waals surface area contributed by atoms with Crippen molar-refractivity contribution in [2.45, 2.75) is 6.54 Å². The molecule has 0 atom stereocenters. The van der Waals surface area contributed by atoms with Gasteiger partial charge in [-0.1, -0.05) is 35.3 Å². The molecule has 0 spiro atoms. The standard InChI is InChI=1S/C24H15Cl2N3O8S/c1-36-21-8-13(2-6-20(21)37-19-7-5-16(28(32)33)11-18(19)29(34)35)9-22-23(30)27(24(31)38-22)12-14-3-4-15(25)10-17(14)26/h2-11H,12H2,1H3/b22-9+. The molecule has 1 saturated heterocycles. The smallest absolute Gasteiger partial charge is 0.318 e. The van der Waals surface area contributed by atoms with E-state index in [0.717, 1.165) is 34.9 Å². The van der Waals surface area contributed by atoms with Crippen molar-refractivity contribution in [1.82, 2.24) is 4.90 Å². The van der Waals surface area contributed by atoms with Gasteiger partial charge in [-0.2, -0.15) is 0 Å². The summed E-state index contributed by atoms with van der Waals surface area (Å²) in [7, 11) is 1.35. The van der Waals surface area contributed by atoms with E-state index < -0.39 is 32.4 Å². The number of rotatable bonds is 8. The van der Waals surface area contributed by atoms with Crippen molar-refractivity contribution in [2.24, 2.45) is 0 Å². The van der Waals surface area contributed by atoms with Crippen molar-refractivity contribution in [1.29, 1.82) is 0 Å². The Hall–Kier alpha value is -4.13. The van der Waals surface area contributed by atoms with Crippen molar-refractivity contribution in [3.8, 4) is 17.2 Å². The van der Waals surface area contributed by atoms with Crippen LogP contribution in [0.15, 0.2) is 59.5 Å². The number of ether oxygens (including phenoxy) is 2. The highest BCUT2D eigenvalue weighted by Crippen LogP contribution is 2.40. The Morgan fingerprint density at radius 1 is 0.947 bits per heavy atom. The predicted molar refractivity (Wildman–Crippen MR) is 141 cm³/mol. The summed E-state index contributed by atoms with van der Waals surface area (Å²) < 4.78 is 11.0. The Kier molecular flexibility index (Phi) is 7.86. The second-order valence-corrected chi connectivity index (χ2v) is 9.52. The van der Waals surface area contributed by atoms with E-state index in [1.807, 2.05) is 0 Å². The lowest BCUT2D eigenvalue weighted by atomic mass is 10.1. The number of nitro groups is 2. The number of hydrogen-bond acceptors (Lipinski definition) is 9. The van der Waals surface area contributed by atoms with Gasteiger partial charge < -0.3 is 9.47 Å². The molecule has 1 aliphatic rings. The zero-order valence-electron chi connectivity index (χ0n) is 19.3. The molecule has 0 saturated carbocycles. The van der Waals surface area contributed by atoms with Crippen molar-refractivity contribution in [3.63, 3.8) is 0 Å². The predicted octanol–water partition coefficient (Wildman–Crippen LogP) is 6.85. The summed E-state index contributed by atoms with van der Waals surface area (Å²) in [5, 5.41) is 22.7. The normalized spacial score (nSPS) is 14.2. The summed E-state index contributed by atoms with van der Waals surface area (Å²) >= 11 is 12.8. The number of nitrogens with zero attached hydrogens (tertiary/aromatic N) is 3. The van der Waals surface area contributed by atoms with Gasteiger partial charge in [-0.15, -0.1) is 0 Å². The minimum absolute atomic E-state index is 0.0257. The molecule has 0 radical (unpaired) electrons. The SMILES string of the molecule is COc1cc(/C=C2/SC(=O)N(Cc3ccc(Cl)cc3Cl)C2=O)ccc1Oc1ccc([N+](=O)[O-])cc1[N+](=O)[O-]. The Bertz CT molecular complexity index is 1530. The minimum atomic E-state index is -0.795. The lowest BCUT2D eigenvalue weighted by molar-refractivity contribution is -0.394. The van der Waals surface area contributed by atoms with Crippen LogP contribution in [0.4, 0.5) is 16.2 Å². The number of nitro benzene ring substituents is 2. The van der Waals surface area contributed by atoms with E-state index in [2.05, 4.69) is 0 Å². The Morgan fingerprint density at radius 2 is 1.68 bits per heavy atom. The van der Waals surface area contributed by atoms with Crippen LogP contribution in [0.3, 0.4) is 0 Å². The summed E-state index contributed by atoms with van der Waals surface area (Å²) in [6.07, 6.45) is 1.50. The first-order valence-corrected chi connectivity index (χ1v) is 12.1. The summed E-state index contributed by atoms with van der Waals surface area (Å²) in [6, 6.07) is 12.3. The topological polar surface area (TPSA) is 142 Å². The average Bonchev–Trinajstić information content (AvgIpc) is 3.13. The summed E-state index contributed by atoms with van der Waals surface area (Å²) in [4.78, 5) is 47.5.